The average molecular weight is 333 g/mol. The number of aromatic hydroxyl groups is 1. The number of ether oxygens (including phenoxy) is 1. The Hall–Kier alpha value is -2.46. The van der Waals surface area contributed by atoms with E-state index in [0.29, 0.717) is 11.1 Å². The molecule has 23 heavy (non-hydrogen) atoms. The number of halogens is 1. The van der Waals surface area contributed by atoms with E-state index < -0.39 is 5.97 Å². The van der Waals surface area contributed by atoms with Gasteiger partial charge in [0.05, 0.1) is 17.7 Å². The summed E-state index contributed by atoms with van der Waals surface area (Å²) in [6.07, 6.45) is 1.45. The number of carboxylic acids is 1. The molecule has 0 heterocycles. The predicted octanol–water partition coefficient (Wildman–Crippen LogP) is 4.30. The van der Waals surface area contributed by atoms with Gasteiger partial charge in [-0.3, -0.25) is 0 Å². The molecule has 0 aromatic heterocycles. The zero-order valence-electron chi connectivity index (χ0n) is 13.1. The minimum Gasteiger partial charge on any atom is -0.503 e. The highest BCUT2D eigenvalue weighted by Gasteiger charge is 2.16. The van der Waals surface area contributed by atoms with E-state index >= 15 is 0 Å². The SMILES string of the molecule is COc1ccc(/C=C(\C(=O)O)c2ccc(C)cc2C)c(Cl)c1O. The third-order valence-electron chi connectivity index (χ3n) is 3.53. The molecule has 0 amide bonds. The zero-order valence-corrected chi connectivity index (χ0v) is 13.8. The molecule has 0 bridgehead atoms. The van der Waals surface area contributed by atoms with E-state index in [1.165, 1.54) is 19.3 Å². The van der Waals surface area contributed by atoms with Crippen LogP contribution in [0.5, 0.6) is 11.5 Å². The van der Waals surface area contributed by atoms with Gasteiger partial charge in [-0.05, 0) is 48.7 Å². The van der Waals surface area contributed by atoms with Gasteiger partial charge < -0.3 is 14.9 Å². The second-order valence-corrected chi connectivity index (χ2v) is 5.58. The quantitative estimate of drug-likeness (QED) is 0.647. The van der Waals surface area contributed by atoms with Crippen molar-refractivity contribution < 1.29 is 19.7 Å². The van der Waals surface area contributed by atoms with Gasteiger partial charge in [0.2, 0.25) is 0 Å². The molecule has 0 aliphatic heterocycles. The van der Waals surface area contributed by atoms with E-state index in [1.807, 2.05) is 26.0 Å². The van der Waals surface area contributed by atoms with Crippen LogP contribution >= 0.6 is 11.6 Å². The highest BCUT2D eigenvalue weighted by atomic mass is 35.5. The summed E-state index contributed by atoms with van der Waals surface area (Å²) in [5, 5.41) is 19.6. The van der Waals surface area contributed by atoms with Gasteiger partial charge in [-0.15, -0.1) is 0 Å². The van der Waals surface area contributed by atoms with Crippen LogP contribution in [0.2, 0.25) is 5.02 Å². The maximum Gasteiger partial charge on any atom is 0.336 e. The molecule has 0 spiro atoms. The van der Waals surface area contributed by atoms with Crippen molar-refractivity contribution >= 4 is 29.2 Å². The molecule has 2 rings (SSSR count). The van der Waals surface area contributed by atoms with Crippen LogP contribution in [0.25, 0.3) is 11.6 Å². The van der Waals surface area contributed by atoms with Crippen molar-refractivity contribution in [1.82, 2.24) is 0 Å². The molecule has 0 radical (unpaired) electrons. The minimum absolute atomic E-state index is 0.0489. The van der Waals surface area contributed by atoms with Gasteiger partial charge in [-0.1, -0.05) is 35.4 Å². The molecule has 120 valence electrons. The Kier molecular flexibility index (Phi) is 4.96. The lowest BCUT2D eigenvalue weighted by atomic mass is 9.97. The van der Waals surface area contributed by atoms with Crippen LogP contribution < -0.4 is 4.74 Å². The molecule has 2 aromatic rings. The molecule has 0 atom stereocenters. The summed E-state index contributed by atoms with van der Waals surface area (Å²) in [5.74, 6) is -1.05. The van der Waals surface area contributed by atoms with Crippen LogP contribution in [0.3, 0.4) is 0 Å². The number of methoxy groups -OCH3 is 1. The van der Waals surface area contributed by atoms with E-state index in [4.69, 9.17) is 16.3 Å². The second kappa shape index (κ2) is 6.75. The lowest BCUT2D eigenvalue weighted by Gasteiger charge is -2.10. The largest absolute Gasteiger partial charge is 0.503 e. The number of phenolic OH excluding ortho intramolecular Hbond substituents is 1. The fourth-order valence-electron chi connectivity index (χ4n) is 2.36. The standard InChI is InChI=1S/C18H17ClO4/c1-10-4-6-13(11(2)8-10)14(18(21)22)9-12-5-7-15(23-3)17(20)16(12)19/h4-9,20H,1-3H3,(H,21,22)/b14-9-. The Morgan fingerprint density at radius 2 is 1.91 bits per heavy atom. The maximum atomic E-state index is 11.7. The number of aliphatic carboxylic acids is 1. The molecule has 0 saturated heterocycles. The van der Waals surface area contributed by atoms with Crippen molar-refractivity contribution in [3.8, 4) is 11.5 Å². The van der Waals surface area contributed by atoms with Crippen LogP contribution in [0, 0.1) is 13.8 Å². The number of aryl methyl sites for hydroxylation is 2. The average Bonchev–Trinajstić information content (AvgIpc) is 2.49. The molecule has 0 saturated carbocycles. The zero-order chi connectivity index (χ0) is 17.1. The van der Waals surface area contributed by atoms with Crippen LogP contribution in [0.1, 0.15) is 22.3 Å². The van der Waals surface area contributed by atoms with Gasteiger partial charge in [0.15, 0.2) is 11.5 Å². The molecule has 4 nitrogen and oxygen atoms in total. The third-order valence-corrected chi connectivity index (χ3v) is 3.93. The number of carboxylic acid groups (broad SMARTS) is 1. The Bertz CT molecular complexity index is 794. The lowest BCUT2D eigenvalue weighted by molar-refractivity contribution is -0.130. The van der Waals surface area contributed by atoms with Crippen molar-refractivity contribution in [1.29, 1.82) is 0 Å². The first-order chi connectivity index (χ1) is 10.8. The summed E-state index contributed by atoms with van der Waals surface area (Å²) in [4.78, 5) is 11.7. The van der Waals surface area contributed by atoms with Crippen LogP contribution in [0.4, 0.5) is 0 Å². The van der Waals surface area contributed by atoms with E-state index in [0.717, 1.165) is 11.1 Å². The Morgan fingerprint density at radius 3 is 2.48 bits per heavy atom. The first-order valence-corrected chi connectivity index (χ1v) is 7.31. The fourth-order valence-corrected chi connectivity index (χ4v) is 2.58. The second-order valence-electron chi connectivity index (χ2n) is 5.20. The summed E-state index contributed by atoms with van der Waals surface area (Å²) >= 11 is 6.11. The van der Waals surface area contributed by atoms with Crippen molar-refractivity contribution in [2.75, 3.05) is 7.11 Å². The van der Waals surface area contributed by atoms with E-state index in [9.17, 15) is 15.0 Å². The number of hydrogen-bond donors (Lipinski definition) is 2. The monoisotopic (exact) mass is 332 g/mol. The predicted molar refractivity (Wildman–Crippen MR) is 91.1 cm³/mol. The molecule has 2 aromatic carbocycles. The van der Waals surface area contributed by atoms with E-state index in [2.05, 4.69) is 0 Å². The maximum absolute atomic E-state index is 11.7. The first-order valence-electron chi connectivity index (χ1n) is 6.93. The summed E-state index contributed by atoms with van der Waals surface area (Å²) in [6.45, 7) is 3.80. The molecule has 0 aliphatic rings. The summed E-state index contributed by atoms with van der Waals surface area (Å²) in [5.41, 5.74) is 3.02. The highest BCUT2D eigenvalue weighted by Crippen LogP contribution is 2.38. The molecule has 0 aliphatic carbocycles. The van der Waals surface area contributed by atoms with Crippen molar-refractivity contribution in [3.05, 3.63) is 57.6 Å². The van der Waals surface area contributed by atoms with E-state index in [1.54, 1.807) is 12.1 Å². The Labute approximate surface area is 139 Å². The number of carbonyl (C=O) groups is 1. The Morgan fingerprint density at radius 1 is 1.22 bits per heavy atom. The summed E-state index contributed by atoms with van der Waals surface area (Å²) in [7, 11) is 1.42. The van der Waals surface area contributed by atoms with Crippen molar-refractivity contribution in [2.24, 2.45) is 0 Å². The number of hydrogen-bond acceptors (Lipinski definition) is 3. The number of benzene rings is 2. The van der Waals surface area contributed by atoms with Crippen LogP contribution in [-0.2, 0) is 4.79 Å². The Balaban J connectivity index is 2.61. The van der Waals surface area contributed by atoms with Gasteiger partial charge in [0.25, 0.3) is 0 Å². The molecule has 0 fully saturated rings. The third kappa shape index (κ3) is 3.48. The van der Waals surface area contributed by atoms with Gasteiger partial charge in [-0.2, -0.15) is 0 Å². The van der Waals surface area contributed by atoms with Crippen LogP contribution in [-0.4, -0.2) is 23.3 Å². The summed E-state index contributed by atoms with van der Waals surface area (Å²) < 4.78 is 4.98. The number of phenols is 1. The lowest BCUT2D eigenvalue weighted by Crippen LogP contribution is -2.02. The van der Waals surface area contributed by atoms with Gasteiger partial charge in [-0.25, -0.2) is 4.79 Å². The van der Waals surface area contributed by atoms with Crippen molar-refractivity contribution in [3.63, 3.8) is 0 Å². The van der Waals surface area contributed by atoms with E-state index in [-0.39, 0.29) is 22.1 Å². The van der Waals surface area contributed by atoms with Crippen molar-refractivity contribution in [2.45, 2.75) is 13.8 Å². The van der Waals surface area contributed by atoms with Crippen LogP contribution in [0.15, 0.2) is 30.3 Å². The molecule has 5 heteroatoms. The number of rotatable bonds is 4. The fraction of sp³-hybridized carbons (Fsp3) is 0.167. The summed E-state index contributed by atoms with van der Waals surface area (Å²) in [6, 6.07) is 8.68. The smallest absolute Gasteiger partial charge is 0.336 e. The molecular formula is C18H17ClO4. The minimum atomic E-state index is -1.07. The van der Waals surface area contributed by atoms with Gasteiger partial charge in [0.1, 0.15) is 0 Å². The molecular weight excluding hydrogens is 316 g/mol. The normalized spacial score (nSPS) is 11.4. The topological polar surface area (TPSA) is 66.8 Å². The molecule has 2 N–H and O–H groups in total. The van der Waals surface area contributed by atoms with Gasteiger partial charge >= 0.3 is 5.97 Å². The highest BCUT2D eigenvalue weighted by molar-refractivity contribution is 6.34. The first kappa shape index (κ1) is 16.9. The van der Waals surface area contributed by atoms with Gasteiger partial charge in [0, 0.05) is 0 Å². The molecule has 0 unspecified atom stereocenters.